The summed E-state index contributed by atoms with van der Waals surface area (Å²) in [7, 11) is 0. The lowest BCUT2D eigenvalue weighted by atomic mass is 10.1. The molecular formula is C15H15N. The Hall–Kier alpha value is -1.89. The van der Waals surface area contributed by atoms with E-state index in [1.54, 1.807) is 0 Å². The molecule has 80 valence electrons. The summed E-state index contributed by atoms with van der Waals surface area (Å²) in [4.78, 5) is 4.54. The van der Waals surface area contributed by atoms with E-state index in [2.05, 4.69) is 36.2 Å². The van der Waals surface area contributed by atoms with Gasteiger partial charge in [0.05, 0.1) is 6.04 Å². The molecule has 0 saturated heterocycles. The summed E-state index contributed by atoms with van der Waals surface area (Å²) in [6, 6.07) is 20.7. The lowest BCUT2D eigenvalue weighted by Gasteiger charge is -2.05. The molecule has 1 heteroatoms. The van der Waals surface area contributed by atoms with Gasteiger partial charge in [-0.1, -0.05) is 60.7 Å². The van der Waals surface area contributed by atoms with Gasteiger partial charge in [-0.3, -0.25) is 4.99 Å². The third-order valence-electron chi connectivity index (χ3n) is 2.53. The zero-order valence-electron chi connectivity index (χ0n) is 9.38. The fraction of sp³-hybridized carbons (Fsp3) is 0.133. The topological polar surface area (TPSA) is 12.4 Å². The van der Waals surface area contributed by atoms with Crippen molar-refractivity contribution in [2.45, 2.75) is 13.0 Å². The van der Waals surface area contributed by atoms with E-state index in [1.165, 1.54) is 5.56 Å². The fourth-order valence-electron chi connectivity index (χ4n) is 1.55. The Labute approximate surface area is 96.5 Å². The normalized spacial score (nSPS) is 12.8. The van der Waals surface area contributed by atoms with E-state index in [4.69, 9.17) is 0 Å². The van der Waals surface area contributed by atoms with Gasteiger partial charge in [-0.25, -0.2) is 0 Å². The SMILES string of the molecule is CC(/N=C\c1ccccc1)c1ccccc1. The molecule has 0 amide bonds. The predicted molar refractivity (Wildman–Crippen MR) is 68.9 cm³/mol. The van der Waals surface area contributed by atoms with Gasteiger partial charge < -0.3 is 0 Å². The van der Waals surface area contributed by atoms with E-state index in [-0.39, 0.29) is 6.04 Å². The summed E-state index contributed by atoms with van der Waals surface area (Å²) in [5.41, 5.74) is 2.39. The van der Waals surface area contributed by atoms with Gasteiger partial charge in [-0.2, -0.15) is 0 Å². The number of aliphatic imine (C=N–C) groups is 1. The Morgan fingerprint density at radius 3 is 2.06 bits per heavy atom. The van der Waals surface area contributed by atoms with Crippen molar-refractivity contribution in [1.82, 2.24) is 0 Å². The first kappa shape index (κ1) is 10.6. The molecule has 0 aliphatic heterocycles. The van der Waals surface area contributed by atoms with Crippen LogP contribution in [-0.4, -0.2) is 6.21 Å². The second-order valence-corrected chi connectivity index (χ2v) is 3.78. The summed E-state index contributed by atoms with van der Waals surface area (Å²) in [5.74, 6) is 0. The minimum Gasteiger partial charge on any atom is -0.285 e. The highest BCUT2D eigenvalue weighted by molar-refractivity contribution is 5.79. The Morgan fingerprint density at radius 2 is 1.44 bits per heavy atom. The van der Waals surface area contributed by atoms with E-state index in [9.17, 15) is 0 Å². The highest BCUT2D eigenvalue weighted by atomic mass is 14.8. The maximum Gasteiger partial charge on any atom is 0.0721 e. The van der Waals surface area contributed by atoms with Gasteiger partial charge in [0.1, 0.15) is 0 Å². The summed E-state index contributed by atoms with van der Waals surface area (Å²) in [5, 5.41) is 0. The summed E-state index contributed by atoms with van der Waals surface area (Å²) >= 11 is 0. The van der Waals surface area contributed by atoms with E-state index in [0.717, 1.165) is 5.56 Å². The standard InChI is InChI=1S/C15H15N/c1-13(15-10-6-3-7-11-15)16-12-14-8-4-2-5-9-14/h2-13H,1H3/b16-12-. The predicted octanol–water partition coefficient (Wildman–Crippen LogP) is 3.87. The van der Waals surface area contributed by atoms with Gasteiger partial charge in [0, 0.05) is 6.21 Å². The van der Waals surface area contributed by atoms with Gasteiger partial charge in [0.15, 0.2) is 0 Å². The largest absolute Gasteiger partial charge is 0.285 e. The maximum absolute atomic E-state index is 4.54. The molecule has 0 N–H and O–H groups in total. The second kappa shape index (κ2) is 5.26. The van der Waals surface area contributed by atoms with Gasteiger partial charge in [-0.15, -0.1) is 0 Å². The summed E-state index contributed by atoms with van der Waals surface area (Å²) in [6.07, 6.45) is 1.93. The third kappa shape index (κ3) is 2.80. The maximum atomic E-state index is 4.54. The first-order valence-corrected chi connectivity index (χ1v) is 5.49. The molecule has 0 fully saturated rings. The van der Waals surface area contributed by atoms with Crippen LogP contribution < -0.4 is 0 Å². The van der Waals surface area contributed by atoms with Crippen molar-refractivity contribution in [2.75, 3.05) is 0 Å². The minimum atomic E-state index is 0.210. The van der Waals surface area contributed by atoms with Gasteiger partial charge in [0.25, 0.3) is 0 Å². The van der Waals surface area contributed by atoms with Crippen molar-refractivity contribution in [3.63, 3.8) is 0 Å². The van der Waals surface area contributed by atoms with Gasteiger partial charge in [0.2, 0.25) is 0 Å². The molecule has 0 spiro atoms. The van der Waals surface area contributed by atoms with Crippen molar-refractivity contribution >= 4 is 6.21 Å². The molecule has 1 atom stereocenters. The molecule has 0 aliphatic rings. The molecular weight excluding hydrogens is 194 g/mol. The Balaban J connectivity index is 2.08. The number of hydrogen-bond donors (Lipinski definition) is 0. The highest BCUT2D eigenvalue weighted by Gasteiger charge is 1.99. The third-order valence-corrected chi connectivity index (χ3v) is 2.53. The first-order chi connectivity index (χ1) is 7.86. The lowest BCUT2D eigenvalue weighted by Crippen LogP contribution is -1.90. The fourth-order valence-corrected chi connectivity index (χ4v) is 1.55. The molecule has 2 rings (SSSR count). The summed E-state index contributed by atoms with van der Waals surface area (Å²) in [6.45, 7) is 2.11. The van der Waals surface area contributed by atoms with Crippen molar-refractivity contribution in [1.29, 1.82) is 0 Å². The number of hydrogen-bond acceptors (Lipinski definition) is 1. The van der Waals surface area contributed by atoms with Crippen LogP contribution in [0.5, 0.6) is 0 Å². The molecule has 0 aliphatic carbocycles. The lowest BCUT2D eigenvalue weighted by molar-refractivity contribution is 0.825. The molecule has 0 heterocycles. The molecule has 1 nitrogen and oxygen atoms in total. The van der Waals surface area contributed by atoms with Crippen LogP contribution in [0.4, 0.5) is 0 Å². The number of benzene rings is 2. The zero-order chi connectivity index (χ0) is 11.2. The van der Waals surface area contributed by atoms with Crippen LogP contribution in [-0.2, 0) is 0 Å². The molecule has 0 bridgehead atoms. The van der Waals surface area contributed by atoms with E-state index in [0.29, 0.717) is 0 Å². The minimum absolute atomic E-state index is 0.210. The van der Waals surface area contributed by atoms with Crippen LogP contribution in [0.1, 0.15) is 24.1 Å². The Morgan fingerprint density at radius 1 is 0.875 bits per heavy atom. The van der Waals surface area contributed by atoms with E-state index in [1.807, 2.05) is 42.6 Å². The van der Waals surface area contributed by atoms with Crippen LogP contribution in [0.15, 0.2) is 65.7 Å². The van der Waals surface area contributed by atoms with Crippen molar-refractivity contribution < 1.29 is 0 Å². The van der Waals surface area contributed by atoms with Crippen molar-refractivity contribution in [3.05, 3.63) is 71.8 Å². The first-order valence-electron chi connectivity index (χ1n) is 5.49. The Bertz CT molecular complexity index is 445. The highest BCUT2D eigenvalue weighted by Crippen LogP contribution is 2.15. The average Bonchev–Trinajstić information content (AvgIpc) is 2.38. The quantitative estimate of drug-likeness (QED) is 0.680. The van der Waals surface area contributed by atoms with Crippen molar-refractivity contribution in [2.24, 2.45) is 4.99 Å². The molecule has 2 aromatic rings. The number of nitrogens with zero attached hydrogens (tertiary/aromatic N) is 1. The smallest absolute Gasteiger partial charge is 0.0721 e. The van der Waals surface area contributed by atoms with Gasteiger partial charge in [-0.05, 0) is 18.1 Å². The van der Waals surface area contributed by atoms with Crippen LogP contribution in [0, 0.1) is 0 Å². The number of rotatable bonds is 3. The summed E-state index contributed by atoms with van der Waals surface area (Å²) < 4.78 is 0. The average molecular weight is 209 g/mol. The van der Waals surface area contributed by atoms with E-state index >= 15 is 0 Å². The molecule has 1 unspecified atom stereocenters. The van der Waals surface area contributed by atoms with Crippen LogP contribution >= 0.6 is 0 Å². The molecule has 16 heavy (non-hydrogen) atoms. The Kier molecular flexibility index (Phi) is 3.50. The van der Waals surface area contributed by atoms with Gasteiger partial charge >= 0.3 is 0 Å². The molecule has 0 radical (unpaired) electrons. The second-order valence-electron chi connectivity index (χ2n) is 3.78. The van der Waals surface area contributed by atoms with Crippen LogP contribution in [0.2, 0.25) is 0 Å². The van der Waals surface area contributed by atoms with Crippen LogP contribution in [0.25, 0.3) is 0 Å². The van der Waals surface area contributed by atoms with Crippen molar-refractivity contribution in [3.8, 4) is 0 Å². The molecule has 0 aromatic heterocycles. The zero-order valence-corrected chi connectivity index (χ0v) is 9.38. The molecule has 2 aromatic carbocycles. The molecule has 0 saturated carbocycles. The van der Waals surface area contributed by atoms with Crippen LogP contribution in [0.3, 0.4) is 0 Å². The van der Waals surface area contributed by atoms with E-state index < -0.39 is 0 Å². The monoisotopic (exact) mass is 209 g/mol.